The van der Waals surface area contributed by atoms with E-state index in [0.29, 0.717) is 6.42 Å². The Morgan fingerprint density at radius 1 is 1.25 bits per heavy atom. The van der Waals surface area contributed by atoms with E-state index in [1.54, 1.807) is 0 Å². The van der Waals surface area contributed by atoms with Crippen LogP contribution in [0.5, 0.6) is 0 Å². The summed E-state index contributed by atoms with van der Waals surface area (Å²) in [5.74, 6) is 0.0837. The zero-order valence-corrected chi connectivity index (χ0v) is 13.1. The second-order valence-corrected chi connectivity index (χ2v) is 6.81. The fourth-order valence-electron chi connectivity index (χ4n) is 2.18. The summed E-state index contributed by atoms with van der Waals surface area (Å²) in [6, 6.07) is 10.3. The van der Waals surface area contributed by atoms with E-state index in [2.05, 4.69) is 38.2 Å². The van der Waals surface area contributed by atoms with Crippen LogP contribution in [0.4, 0.5) is 0 Å². The zero-order valence-electron chi connectivity index (χ0n) is 13.1. The van der Waals surface area contributed by atoms with Crippen molar-refractivity contribution >= 4 is 5.91 Å². The van der Waals surface area contributed by atoms with E-state index in [1.165, 1.54) is 0 Å². The van der Waals surface area contributed by atoms with Crippen molar-refractivity contribution in [2.45, 2.75) is 59.0 Å². The normalized spacial score (nSPS) is 14.7. The number of hydrogen-bond acceptors (Lipinski definition) is 2. The molecule has 3 heteroatoms. The number of carbonyl (C=O) groups is 1. The Morgan fingerprint density at radius 3 is 2.35 bits per heavy atom. The molecular weight excluding hydrogens is 248 g/mol. The van der Waals surface area contributed by atoms with Crippen LogP contribution in [0.3, 0.4) is 0 Å². The Labute approximate surface area is 122 Å². The molecule has 0 aliphatic rings. The molecule has 1 amide bonds. The molecule has 0 saturated carbocycles. The molecule has 1 aromatic carbocycles. The van der Waals surface area contributed by atoms with Gasteiger partial charge in [0.1, 0.15) is 0 Å². The van der Waals surface area contributed by atoms with Crippen LogP contribution in [-0.2, 0) is 4.79 Å². The van der Waals surface area contributed by atoms with Gasteiger partial charge in [-0.05, 0) is 30.7 Å². The van der Waals surface area contributed by atoms with Crippen LogP contribution in [0.15, 0.2) is 30.3 Å². The average Bonchev–Trinajstić information content (AvgIpc) is 2.35. The van der Waals surface area contributed by atoms with Crippen molar-refractivity contribution in [1.82, 2.24) is 5.32 Å². The highest BCUT2D eigenvalue weighted by Gasteiger charge is 2.21. The van der Waals surface area contributed by atoms with Gasteiger partial charge in [-0.3, -0.25) is 4.79 Å². The summed E-state index contributed by atoms with van der Waals surface area (Å²) >= 11 is 0. The lowest BCUT2D eigenvalue weighted by Gasteiger charge is -2.27. The molecule has 0 bridgehead atoms. The maximum Gasteiger partial charge on any atom is 0.220 e. The largest absolute Gasteiger partial charge is 0.349 e. The van der Waals surface area contributed by atoms with E-state index < -0.39 is 0 Å². The Bertz CT molecular complexity index is 407. The third-order valence-electron chi connectivity index (χ3n) is 3.18. The lowest BCUT2D eigenvalue weighted by atomic mass is 9.85. The molecule has 0 aliphatic heterocycles. The summed E-state index contributed by atoms with van der Waals surface area (Å²) in [5.41, 5.74) is 7.03. The highest BCUT2D eigenvalue weighted by molar-refractivity contribution is 5.76. The Kier molecular flexibility index (Phi) is 6.21. The number of nitrogens with two attached hydrogens (primary N) is 1. The van der Waals surface area contributed by atoms with Crippen molar-refractivity contribution < 1.29 is 4.79 Å². The van der Waals surface area contributed by atoms with Crippen molar-refractivity contribution in [1.29, 1.82) is 0 Å². The number of benzene rings is 1. The molecule has 0 aromatic heterocycles. The van der Waals surface area contributed by atoms with E-state index >= 15 is 0 Å². The quantitative estimate of drug-likeness (QED) is 0.836. The van der Waals surface area contributed by atoms with E-state index in [9.17, 15) is 4.79 Å². The molecule has 1 aromatic rings. The minimum atomic E-state index is 0.0665. The first-order chi connectivity index (χ1) is 9.28. The van der Waals surface area contributed by atoms with E-state index in [4.69, 9.17) is 5.73 Å². The van der Waals surface area contributed by atoms with Crippen molar-refractivity contribution in [2.75, 3.05) is 0 Å². The predicted octanol–water partition coefficient (Wildman–Crippen LogP) is 3.41. The first-order valence-corrected chi connectivity index (χ1v) is 7.38. The molecule has 3 nitrogen and oxygen atoms in total. The number of nitrogens with one attached hydrogen (secondary N) is 1. The van der Waals surface area contributed by atoms with Crippen LogP contribution < -0.4 is 11.1 Å². The van der Waals surface area contributed by atoms with Gasteiger partial charge in [-0.2, -0.15) is 0 Å². The Hall–Kier alpha value is -1.35. The van der Waals surface area contributed by atoms with Crippen LogP contribution >= 0.6 is 0 Å². The van der Waals surface area contributed by atoms with Crippen LogP contribution in [0.25, 0.3) is 0 Å². The van der Waals surface area contributed by atoms with Crippen molar-refractivity contribution in [3.63, 3.8) is 0 Å². The van der Waals surface area contributed by atoms with E-state index in [1.807, 2.05) is 25.1 Å². The fourth-order valence-corrected chi connectivity index (χ4v) is 2.18. The molecule has 2 atom stereocenters. The van der Waals surface area contributed by atoms with Gasteiger partial charge < -0.3 is 11.1 Å². The lowest BCUT2D eigenvalue weighted by Crippen LogP contribution is -2.32. The smallest absolute Gasteiger partial charge is 0.220 e. The highest BCUT2D eigenvalue weighted by atomic mass is 16.1. The monoisotopic (exact) mass is 276 g/mol. The van der Waals surface area contributed by atoms with Gasteiger partial charge in [-0.25, -0.2) is 0 Å². The first kappa shape index (κ1) is 16.7. The molecule has 3 N–H and O–H groups in total. The lowest BCUT2D eigenvalue weighted by molar-refractivity contribution is -0.122. The molecule has 20 heavy (non-hydrogen) atoms. The minimum absolute atomic E-state index is 0.0665. The van der Waals surface area contributed by atoms with Crippen LogP contribution in [0.2, 0.25) is 0 Å². The predicted molar refractivity (Wildman–Crippen MR) is 84.3 cm³/mol. The van der Waals surface area contributed by atoms with Gasteiger partial charge in [0, 0.05) is 12.5 Å². The molecule has 2 unspecified atom stereocenters. The fraction of sp³-hybridized carbons (Fsp3) is 0.588. The van der Waals surface area contributed by atoms with Gasteiger partial charge in [0.15, 0.2) is 0 Å². The molecule has 0 saturated heterocycles. The summed E-state index contributed by atoms with van der Waals surface area (Å²) in [7, 11) is 0. The molecule has 112 valence electrons. The summed E-state index contributed by atoms with van der Waals surface area (Å²) in [4.78, 5) is 12.1. The molecule has 0 aliphatic carbocycles. The van der Waals surface area contributed by atoms with E-state index in [0.717, 1.165) is 18.4 Å². The summed E-state index contributed by atoms with van der Waals surface area (Å²) in [6.07, 6.45) is 2.13. The van der Waals surface area contributed by atoms with Crippen LogP contribution in [0.1, 0.15) is 58.6 Å². The zero-order chi connectivity index (χ0) is 15.2. The van der Waals surface area contributed by atoms with Crippen molar-refractivity contribution in [3.8, 4) is 0 Å². The third kappa shape index (κ3) is 6.71. The number of carbonyl (C=O) groups excluding carboxylic acids is 1. The summed E-state index contributed by atoms with van der Waals surface area (Å²) < 4.78 is 0. The van der Waals surface area contributed by atoms with Gasteiger partial charge in [0.05, 0.1) is 6.04 Å². The van der Waals surface area contributed by atoms with Crippen molar-refractivity contribution in [2.24, 2.45) is 11.1 Å². The van der Waals surface area contributed by atoms with Gasteiger partial charge in [-0.1, -0.05) is 51.1 Å². The molecular formula is C17H28N2O. The molecule has 0 radical (unpaired) electrons. The Morgan fingerprint density at radius 2 is 1.85 bits per heavy atom. The SMILES string of the molecule is CC(N)CCC(=O)NC(CC(C)(C)C)c1ccccc1. The average molecular weight is 276 g/mol. The van der Waals surface area contributed by atoms with Crippen LogP contribution in [0, 0.1) is 5.41 Å². The molecule has 0 spiro atoms. The Balaban J connectivity index is 2.71. The molecule has 0 fully saturated rings. The van der Waals surface area contributed by atoms with E-state index in [-0.39, 0.29) is 23.4 Å². The second kappa shape index (κ2) is 7.44. The summed E-state index contributed by atoms with van der Waals surface area (Å²) in [6.45, 7) is 8.50. The topological polar surface area (TPSA) is 55.1 Å². The van der Waals surface area contributed by atoms with Gasteiger partial charge >= 0.3 is 0 Å². The number of rotatable bonds is 6. The third-order valence-corrected chi connectivity index (χ3v) is 3.18. The number of amides is 1. The maximum absolute atomic E-state index is 12.1. The van der Waals surface area contributed by atoms with Gasteiger partial charge in [0.2, 0.25) is 5.91 Å². The standard InChI is InChI=1S/C17H28N2O/c1-13(18)10-11-16(20)19-15(12-17(2,3)4)14-8-6-5-7-9-14/h5-9,13,15H,10-12,18H2,1-4H3,(H,19,20). The number of hydrogen-bond donors (Lipinski definition) is 2. The minimum Gasteiger partial charge on any atom is -0.349 e. The highest BCUT2D eigenvalue weighted by Crippen LogP contribution is 2.29. The van der Waals surface area contributed by atoms with Crippen LogP contribution in [-0.4, -0.2) is 11.9 Å². The maximum atomic E-state index is 12.1. The molecule has 0 heterocycles. The molecule has 1 rings (SSSR count). The second-order valence-electron chi connectivity index (χ2n) is 6.81. The van der Waals surface area contributed by atoms with Gasteiger partial charge in [-0.15, -0.1) is 0 Å². The van der Waals surface area contributed by atoms with Gasteiger partial charge in [0.25, 0.3) is 0 Å². The summed E-state index contributed by atoms with van der Waals surface area (Å²) in [5, 5.41) is 3.15. The van der Waals surface area contributed by atoms with Crippen molar-refractivity contribution in [3.05, 3.63) is 35.9 Å². The first-order valence-electron chi connectivity index (χ1n) is 7.38.